The quantitative estimate of drug-likeness (QED) is 0.703. The minimum atomic E-state index is -0.0707. The Bertz CT molecular complexity index is 971. The highest BCUT2D eigenvalue weighted by Gasteiger charge is 2.25. The van der Waals surface area contributed by atoms with Gasteiger partial charge in [-0.2, -0.15) is 5.10 Å². The summed E-state index contributed by atoms with van der Waals surface area (Å²) in [6.07, 6.45) is 4.62. The molecule has 0 spiro atoms. The second kappa shape index (κ2) is 7.40. The van der Waals surface area contributed by atoms with Crippen LogP contribution in [-0.2, 0) is 4.79 Å². The maximum absolute atomic E-state index is 12.6. The molecule has 2 aromatic heterocycles. The lowest BCUT2D eigenvalue weighted by atomic mass is 9.90. The average Bonchev–Trinajstić information content (AvgIpc) is 3.02. The zero-order chi connectivity index (χ0) is 18.8. The predicted octanol–water partition coefficient (Wildman–Crippen LogP) is 4.33. The second-order valence-corrected chi connectivity index (χ2v) is 7.01. The number of carbonyl (C=O) groups excluding carboxylic acids is 1. The highest BCUT2D eigenvalue weighted by atomic mass is 35.5. The summed E-state index contributed by atoms with van der Waals surface area (Å²) in [6.45, 7) is 2.51. The van der Waals surface area contributed by atoms with Gasteiger partial charge in [0.2, 0.25) is 5.91 Å². The van der Waals surface area contributed by atoms with Gasteiger partial charge in [-0.15, -0.1) is 0 Å². The highest BCUT2D eigenvalue weighted by molar-refractivity contribution is 6.30. The molecule has 1 aliphatic heterocycles. The third kappa shape index (κ3) is 3.66. The molecule has 6 nitrogen and oxygen atoms in total. The van der Waals surface area contributed by atoms with E-state index in [9.17, 15) is 4.79 Å². The molecule has 0 aliphatic carbocycles. The Morgan fingerprint density at radius 1 is 1.33 bits per heavy atom. The molecule has 3 heterocycles. The van der Waals surface area contributed by atoms with E-state index in [1.54, 1.807) is 18.5 Å². The molecular weight excluding hydrogens is 364 g/mol. The molecule has 138 valence electrons. The summed E-state index contributed by atoms with van der Waals surface area (Å²) >= 11 is 6.03. The first-order valence-electron chi connectivity index (χ1n) is 8.79. The minimum Gasteiger partial charge on any atom is -0.493 e. The number of rotatable bonds is 4. The van der Waals surface area contributed by atoms with Crippen molar-refractivity contribution in [2.75, 3.05) is 11.9 Å². The standard InChI is InChI=1S/C20H19ClN4O2/c1-12-19(13-4-7-22-8-5-13)24-25-20(12)23-18(26)10-14-6-9-27-17-11-15(21)2-3-16(14)17/h2-5,7-8,11,14H,6,9-10H2,1H3,(H2,23,24,25,26)/t14-/m1/s1. The van der Waals surface area contributed by atoms with Gasteiger partial charge in [-0.25, -0.2) is 0 Å². The van der Waals surface area contributed by atoms with Gasteiger partial charge in [-0.05, 0) is 49.1 Å². The Kier molecular flexibility index (Phi) is 4.81. The lowest BCUT2D eigenvalue weighted by molar-refractivity contribution is -0.116. The number of anilines is 1. The van der Waals surface area contributed by atoms with Crippen molar-refractivity contribution in [2.45, 2.75) is 25.7 Å². The van der Waals surface area contributed by atoms with E-state index < -0.39 is 0 Å². The van der Waals surface area contributed by atoms with Gasteiger partial charge in [-0.1, -0.05) is 17.7 Å². The molecule has 0 fully saturated rings. The van der Waals surface area contributed by atoms with Crippen LogP contribution in [0.15, 0.2) is 42.7 Å². The fourth-order valence-corrected chi connectivity index (χ4v) is 3.54. The molecule has 0 saturated carbocycles. The maximum atomic E-state index is 12.6. The summed E-state index contributed by atoms with van der Waals surface area (Å²) in [5.74, 6) is 1.35. The van der Waals surface area contributed by atoms with Crippen molar-refractivity contribution in [3.8, 4) is 17.0 Å². The molecule has 0 bridgehead atoms. The van der Waals surface area contributed by atoms with Gasteiger partial charge >= 0.3 is 0 Å². The predicted molar refractivity (Wildman–Crippen MR) is 104 cm³/mol. The first kappa shape index (κ1) is 17.5. The number of carbonyl (C=O) groups is 1. The minimum absolute atomic E-state index is 0.0707. The van der Waals surface area contributed by atoms with E-state index in [1.165, 1.54) is 0 Å². The second-order valence-electron chi connectivity index (χ2n) is 6.58. The third-order valence-corrected chi connectivity index (χ3v) is 5.04. The lowest BCUT2D eigenvalue weighted by Crippen LogP contribution is -2.21. The zero-order valence-corrected chi connectivity index (χ0v) is 15.6. The Morgan fingerprint density at radius 3 is 2.96 bits per heavy atom. The largest absolute Gasteiger partial charge is 0.493 e. The summed E-state index contributed by atoms with van der Waals surface area (Å²) in [7, 11) is 0. The molecule has 1 aliphatic rings. The first-order valence-corrected chi connectivity index (χ1v) is 9.17. The number of hydrogen-bond donors (Lipinski definition) is 2. The number of ether oxygens (including phenoxy) is 1. The monoisotopic (exact) mass is 382 g/mol. The number of H-pyrrole nitrogens is 1. The number of amides is 1. The summed E-state index contributed by atoms with van der Waals surface area (Å²) < 4.78 is 5.67. The molecule has 2 N–H and O–H groups in total. The average molecular weight is 383 g/mol. The van der Waals surface area contributed by atoms with E-state index >= 15 is 0 Å². The number of pyridine rings is 1. The maximum Gasteiger partial charge on any atom is 0.226 e. The van der Waals surface area contributed by atoms with Gasteiger partial charge in [0.05, 0.1) is 12.3 Å². The number of nitrogens with one attached hydrogen (secondary N) is 2. The topological polar surface area (TPSA) is 79.9 Å². The SMILES string of the molecule is Cc1c(NC(=O)C[C@H]2CCOc3cc(Cl)ccc32)n[nH]c1-c1ccncc1. The van der Waals surface area contributed by atoms with Crippen molar-refractivity contribution in [1.82, 2.24) is 15.2 Å². The summed E-state index contributed by atoms with van der Waals surface area (Å²) in [4.78, 5) is 16.6. The van der Waals surface area contributed by atoms with Crippen LogP contribution >= 0.6 is 11.6 Å². The number of aromatic amines is 1. The van der Waals surface area contributed by atoms with Crippen LogP contribution in [0.3, 0.4) is 0 Å². The molecule has 0 saturated heterocycles. The van der Waals surface area contributed by atoms with Crippen LogP contribution in [0.25, 0.3) is 11.3 Å². The van der Waals surface area contributed by atoms with Crippen molar-refractivity contribution >= 4 is 23.3 Å². The van der Waals surface area contributed by atoms with Crippen molar-refractivity contribution < 1.29 is 9.53 Å². The zero-order valence-electron chi connectivity index (χ0n) is 14.8. The van der Waals surface area contributed by atoms with Crippen LogP contribution in [0.4, 0.5) is 5.82 Å². The van der Waals surface area contributed by atoms with E-state index in [4.69, 9.17) is 16.3 Å². The number of benzene rings is 1. The smallest absolute Gasteiger partial charge is 0.226 e. The summed E-state index contributed by atoms with van der Waals surface area (Å²) in [5.41, 5.74) is 3.77. The number of fused-ring (bicyclic) bond motifs is 1. The number of nitrogens with zero attached hydrogens (tertiary/aromatic N) is 2. The highest BCUT2D eigenvalue weighted by Crippen LogP contribution is 2.37. The van der Waals surface area contributed by atoms with E-state index in [2.05, 4.69) is 20.5 Å². The van der Waals surface area contributed by atoms with Crippen molar-refractivity contribution in [3.63, 3.8) is 0 Å². The van der Waals surface area contributed by atoms with Gasteiger partial charge in [0, 0.05) is 35.0 Å². The fourth-order valence-electron chi connectivity index (χ4n) is 3.38. The van der Waals surface area contributed by atoms with Gasteiger partial charge in [-0.3, -0.25) is 14.9 Å². The van der Waals surface area contributed by atoms with Gasteiger partial charge < -0.3 is 10.1 Å². The van der Waals surface area contributed by atoms with Gasteiger partial charge in [0.15, 0.2) is 5.82 Å². The van der Waals surface area contributed by atoms with E-state index in [0.717, 1.165) is 34.6 Å². The van der Waals surface area contributed by atoms with Crippen molar-refractivity contribution in [1.29, 1.82) is 0 Å². The normalized spacial score (nSPS) is 15.7. The van der Waals surface area contributed by atoms with E-state index in [0.29, 0.717) is 23.9 Å². The molecular formula is C20H19ClN4O2. The van der Waals surface area contributed by atoms with Crippen LogP contribution in [-0.4, -0.2) is 27.7 Å². The van der Waals surface area contributed by atoms with Crippen LogP contribution in [0.2, 0.25) is 5.02 Å². The van der Waals surface area contributed by atoms with Gasteiger partial charge in [0.25, 0.3) is 0 Å². The van der Waals surface area contributed by atoms with Crippen LogP contribution < -0.4 is 10.1 Å². The lowest BCUT2D eigenvalue weighted by Gasteiger charge is -2.25. The van der Waals surface area contributed by atoms with Crippen molar-refractivity contribution in [2.24, 2.45) is 0 Å². The molecule has 0 radical (unpaired) electrons. The van der Waals surface area contributed by atoms with E-state index in [-0.39, 0.29) is 11.8 Å². The Labute approximate surface area is 161 Å². The number of aromatic nitrogens is 3. The van der Waals surface area contributed by atoms with E-state index in [1.807, 2.05) is 31.2 Å². The van der Waals surface area contributed by atoms with Crippen molar-refractivity contribution in [3.05, 3.63) is 58.9 Å². The Balaban J connectivity index is 1.48. The molecule has 4 rings (SSSR count). The van der Waals surface area contributed by atoms with Crippen LogP contribution in [0, 0.1) is 6.92 Å². The molecule has 1 aromatic carbocycles. The Morgan fingerprint density at radius 2 is 2.15 bits per heavy atom. The number of halogens is 1. The van der Waals surface area contributed by atoms with Crippen LogP contribution in [0.1, 0.15) is 29.9 Å². The molecule has 1 atom stereocenters. The van der Waals surface area contributed by atoms with Crippen LogP contribution in [0.5, 0.6) is 5.75 Å². The molecule has 1 amide bonds. The first-order chi connectivity index (χ1) is 13.1. The molecule has 0 unspecified atom stereocenters. The Hall–Kier alpha value is -2.86. The third-order valence-electron chi connectivity index (χ3n) is 4.81. The summed E-state index contributed by atoms with van der Waals surface area (Å²) in [6, 6.07) is 9.38. The molecule has 27 heavy (non-hydrogen) atoms. The van der Waals surface area contributed by atoms with Gasteiger partial charge in [0.1, 0.15) is 5.75 Å². The fraction of sp³-hybridized carbons (Fsp3) is 0.250. The number of hydrogen-bond acceptors (Lipinski definition) is 4. The summed E-state index contributed by atoms with van der Waals surface area (Å²) in [5, 5.41) is 10.8. The molecule has 3 aromatic rings. The molecule has 7 heteroatoms.